The SMILES string of the molecule is COc1ccc(C(Cl)c2ccc(F)c(F)c2F)cc1Cl. The zero-order valence-electron chi connectivity index (χ0n) is 10.3. The van der Waals surface area contributed by atoms with Crippen molar-refractivity contribution in [2.24, 2.45) is 0 Å². The van der Waals surface area contributed by atoms with Gasteiger partial charge in [-0.2, -0.15) is 0 Å². The topological polar surface area (TPSA) is 9.23 Å². The van der Waals surface area contributed by atoms with Gasteiger partial charge in [-0.15, -0.1) is 11.6 Å². The van der Waals surface area contributed by atoms with Crippen LogP contribution < -0.4 is 4.74 Å². The summed E-state index contributed by atoms with van der Waals surface area (Å²) in [6.07, 6.45) is 0. The van der Waals surface area contributed by atoms with Crippen molar-refractivity contribution in [3.8, 4) is 5.75 Å². The van der Waals surface area contributed by atoms with Gasteiger partial charge in [-0.3, -0.25) is 0 Å². The Labute approximate surface area is 123 Å². The standard InChI is InChI=1S/C14H9Cl2F3O/c1-20-11-5-2-7(6-9(11)15)12(16)8-3-4-10(17)14(19)13(8)18/h2-6,12H,1H3. The highest BCUT2D eigenvalue weighted by atomic mass is 35.5. The molecule has 2 aromatic rings. The average molecular weight is 321 g/mol. The fraction of sp³-hybridized carbons (Fsp3) is 0.143. The van der Waals surface area contributed by atoms with Gasteiger partial charge in [0.1, 0.15) is 5.75 Å². The van der Waals surface area contributed by atoms with Gasteiger partial charge in [0.2, 0.25) is 0 Å². The van der Waals surface area contributed by atoms with Crippen molar-refractivity contribution in [1.82, 2.24) is 0 Å². The summed E-state index contributed by atoms with van der Waals surface area (Å²) in [6, 6.07) is 6.55. The number of hydrogen-bond donors (Lipinski definition) is 0. The molecule has 0 aliphatic heterocycles. The van der Waals surface area contributed by atoms with E-state index < -0.39 is 22.8 Å². The molecule has 0 aliphatic rings. The Balaban J connectivity index is 2.44. The van der Waals surface area contributed by atoms with Crippen LogP contribution in [0.15, 0.2) is 30.3 Å². The predicted octanol–water partition coefficient (Wildman–Crippen LogP) is 5.09. The second kappa shape index (κ2) is 5.94. The van der Waals surface area contributed by atoms with Crippen LogP contribution in [-0.2, 0) is 0 Å². The van der Waals surface area contributed by atoms with Crippen molar-refractivity contribution >= 4 is 23.2 Å². The molecule has 20 heavy (non-hydrogen) atoms. The third-order valence-electron chi connectivity index (χ3n) is 2.81. The van der Waals surface area contributed by atoms with Crippen molar-refractivity contribution in [3.63, 3.8) is 0 Å². The molecule has 0 N–H and O–H groups in total. The van der Waals surface area contributed by atoms with E-state index in [0.717, 1.165) is 12.1 Å². The van der Waals surface area contributed by atoms with E-state index >= 15 is 0 Å². The minimum atomic E-state index is -1.55. The van der Waals surface area contributed by atoms with E-state index in [1.54, 1.807) is 12.1 Å². The lowest BCUT2D eigenvalue weighted by molar-refractivity contribution is 0.415. The lowest BCUT2D eigenvalue weighted by Gasteiger charge is -2.13. The maximum atomic E-state index is 13.7. The van der Waals surface area contributed by atoms with Crippen LogP contribution in [0.25, 0.3) is 0 Å². The molecule has 0 amide bonds. The van der Waals surface area contributed by atoms with Crippen molar-refractivity contribution in [2.75, 3.05) is 7.11 Å². The maximum absolute atomic E-state index is 13.7. The van der Waals surface area contributed by atoms with Gasteiger partial charge in [0.05, 0.1) is 17.5 Å². The Morgan fingerprint density at radius 2 is 1.75 bits per heavy atom. The summed E-state index contributed by atoms with van der Waals surface area (Å²) in [5, 5.41) is -0.702. The molecule has 0 saturated heterocycles. The van der Waals surface area contributed by atoms with Gasteiger partial charge in [0, 0.05) is 5.56 Å². The minimum absolute atomic E-state index is 0.160. The number of hydrogen-bond acceptors (Lipinski definition) is 1. The molecule has 0 aliphatic carbocycles. The molecular formula is C14H9Cl2F3O. The first-order valence-corrected chi connectivity index (χ1v) is 6.38. The molecule has 0 radical (unpaired) electrons. The molecule has 0 fully saturated rings. The van der Waals surface area contributed by atoms with Crippen molar-refractivity contribution < 1.29 is 17.9 Å². The van der Waals surface area contributed by atoms with E-state index in [9.17, 15) is 13.2 Å². The molecule has 0 saturated carbocycles. The first-order chi connectivity index (χ1) is 9.45. The number of benzene rings is 2. The van der Waals surface area contributed by atoms with Crippen molar-refractivity contribution in [1.29, 1.82) is 0 Å². The van der Waals surface area contributed by atoms with Crippen LogP contribution in [-0.4, -0.2) is 7.11 Å². The Hall–Kier alpha value is -1.39. The number of alkyl halides is 1. The monoisotopic (exact) mass is 320 g/mol. The predicted molar refractivity (Wildman–Crippen MR) is 72.0 cm³/mol. The Morgan fingerprint density at radius 1 is 1.05 bits per heavy atom. The van der Waals surface area contributed by atoms with Gasteiger partial charge in [0.25, 0.3) is 0 Å². The van der Waals surface area contributed by atoms with E-state index in [2.05, 4.69) is 0 Å². The smallest absolute Gasteiger partial charge is 0.194 e. The third kappa shape index (κ3) is 2.72. The second-order valence-corrected chi connectivity index (χ2v) is 4.86. The molecule has 2 aromatic carbocycles. The van der Waals surface area contributed by atoms with Gasteiger partial charge in [0.15, 0.2) is 17.5 Å². The molecule has 2 rings (SSSR count). The number of methoxy groups -OCH3 is 1. The molecule has 0 bridgehead atoms. The molecular weight excluding hydrogens is 312 g/mol. The largest absolute Gasteiger partial charge is 0.495 e. The summed E-state index contributed by atoms with van der Waals surface area (Å²) in [5.41, 5.74) is 0.286. The Kier molecular flexibility index (Phi) is 4.45. The number of ether oxygens (including phenoxy) is 1. The Morgan fingerprint density at radius 3 is 2.35 bits per heavy atom. The number of rotatable bonds is 3. The van der Waals surface area contributed by atoms with E-state index in [4.69, 9.17) is 27.9 Å². The normalized spacial score (nSPS) is 12.3. The lowest BCUT2D eigenvalue weighted by atomic mass is 10.0. The van der Waals surface area contributed by atoms with E-state index in [1.807, 2.05) is 0 Å². The molecule has 106 valence electrons. The highest BCUT2D eigenvalue weighted by Crippen LogP contribution is 2.35. The minimum Gasteiger partial charge on any atom is -0.495 e. The Bertz CT molecular complexity index is 647. The fourth-order valence-electron chi connectivity index (χ4n) is 1.76. The highest BCUT2D eigenvalue weighted by Gasteiger charge is 2.21. The van der Waals surface area contributed by atoms with E-state index in [-0.39, 0.29) is 5.56 Å². The molecule has 1 atom stereocenters. The van der Waals surface area contributed by atoms with Gasteiger partial charge >= 0.3 is 0 Å². The molecule has 0 aromatic heterocycles. The average Bonchev–Trinajstić information content (AvgIpc) is 2.44. The van der Waals surface area contributed by atoms with Crippen molar-refractivity contribution in [2.45, 2.75) is 5.38 Å². The molecule has 6 heteroatoms. The zero-order valence-corrected chi connectivity index (χ0v) is 11.8. The zero-order chi connectivity index (χ0) is 14.9. The van der Waals surface area contributed by atoms with Gasteiger partial charge in [-0.05, 0) is 23.8 Å². The molecule has 1 unspecified atom stereocenters. The van der Waals surface area contributed by atoms with Crippen LogP contribution in [0.5, 0.6) is 5.75 Å². The summed E-state index contributed by atoms with van der Waals surface area (Å²) in [7, 11) is 1.45. The first kappa shape index (κ1) is 15.0. The summed E-state index contributed by atoms with van der Waals surface area (Å²) in [5.74, 6) is -3.68. The summed E-state index contributed by atoms with van der Waals surface area (Å²) in [4.78, 5) is 0. The van der Waals surface area contributed by atoms with Gasteiger partial charge in [-0.25, -0.2) is 13.2 Å². The van der Waals surface area contributed by atoms with Crippen LogP contribution in [0.2, 0.25) is 5.02 Å². The van der Waals surface area contributed by atoms with Crippen LogP contribution in [0, 0.1) is 17.5 Å². The number of halogens is 5. The molecule has 1 nitrogen and oxygen atoms in total. The van der Waals surface area contributed by atoms with Gasteiger partial charge in [-0.1, -0.05) is 23.7 Å². The lowest BCUT2D eigenvalue weighted by Crippen LogP contribution is -2.02. The molecule has 0 heterocycles. The fourth-order valence-corrected chi connectivity index (χ4v) is 2.33. The van der Waals surface area contributed by atoms with Crippen LogP contribution in [0.4, 0.5) is 13.2 Å². The van der Waals surface area contributed by atoms with Crippen LogP contribution in [0.1, 0.15) is 16.5 Å². The van der Waals surface area contributed by atoms with Gasteiger partial charge < -0.3 is 4.74 Å². The quantitative estimate of drug-likeness (QED) is 0.565. The summed E-state index contributed by atoms with van der Waals surface area (Å²) in [6.45, 7) is 0. The molecule has 0 spiro atoms. The van der Waals surface area contributed by atoms with Crippen LogP contribution in [0.3, 0.4) is 0 Å². The second-order valence-electron chi connectivity index (χ2n) is 4.02. The highest BCUT2D eigenvalue weighted by molar-refractivity contribution is 6.32. The first-order valence-electron chi connectivity index (χ1n) is 5.56. The third-order valence-corrected chi connectivity index (χ3v) is 3.59. The maximum Gasteiger partial charge on any atom is 0.194 e. The van der Waals surface area contributed by atoms with E-state index in [0.29, 0.717) is 16.3 Å². The summed E-state index contributed by atoms with van der Waals surface area (Å²) < 4.78 is 44.8. The van der Waals surface area contributed by atoms with Crippen LogP contribution >= 0.6 is 23.2 Å². The summed E-state index contributed by atoms with van der Waals surface area (Å²) >= 11 is 12.0. The van der Waals surface area contributed by atoms with Crippen molar-refractivity contribution in [3.05, 3.63) is 63.9 Å². The van der Waals surface area contributed by atoms with E-state index in [1.165, 1.54) is 13.2 Å².